The number of benzene rings is 1. The van der Waals surface area contributed by atoms with Crippen molar-refractivity contribution in [2.45, 2.75) is 26.1 Å². The Bertz CT molecular complexity index is 797. The average molecular weight is 339 g/mol. The van der Waals surface area contributed by atoms with Gasteiger partial charge in [0.15, 0.2) is 0 Å². The smallest absolute Gasteiger partial charge is 0.226 e. The van der Waals surface area contributed by atoms with Crippen LogP contribution in [0.3, 0.4) is 0 Å². The highest BCUT2D eigenvalue weighted by Crippen LogP contribution is 2.20. The van der Waals surface area contributed by atoms with E-state index in [1.165, 1.54) is 5.56 Å². The van der Waals surface area contributed by atoms with Crippen molar-refractivity contribution < 1.29 is 9.15 Å². The maximum absolute atomic E-state index is 5.83. The van der Waals surface area contributed by atoms with Gasteiger partial charge in [-0.1, -0.05) is 17.7 Å². The van der Waals surface area contributed by atoms with Crippen molar-refractivity contribution in [3.05, 3.63) is 54.4 Å². The summed E-state index contributed by atoms with van der Waals surface area (Å²) in [6.07, 6.45) is 5.12. The molecule has 0 amide bonds. The second-order valence-electron chi connectivity index (χ2n) is 6.36. The lowest BCUT2D eigenvalue weighted by atomic mass is 10.1. The van der Waals surface area contributed by atoms with Crippen LogP contribution in [-0.2, 0) is 17.8 Å². The Kier molecular flexibility index (Phi) is 4.58. The molecule has 0 N–H and O–H groups in total. The van der Waals surface area contributed by atoms with Gasteiger partial charge >= 0.3 is 0 Å². The molecule has 130 valence electrons. The molecule has 0 radical (unpaired) electrons. The fourth-order valence-electron chi connectivity index (χ4n) is 3.01. The van der Waals surface area contributed by atoms with Crippen LogP contribution in [0.25, 0.3) is 11.5 Å². The van der Waals surface area contributed by atoms with Gasteiger partial charge in [0.1, 0.15) is 18.9 Å². The van der Waals surface area contributed by atoms with Crippen LogP contribution >= 0.6 is 0 Å². The maximum Gasteiger partial charge on any atom is 0.226 e. The van der Waals surface area contributed by atoms with Crippen molar-refractivity contribution in [2.75, 3.05) is 19.7 Å². The fraction of sp³-hybridized carbons (Fsp3) is 0.389. The van der Waals surface area contributed by atoms with Crippen LogP contribution in [0.4, 0.5) is 0 Å². The minimum Gasteiger partial charge on any atom is -0.444 e. The van der Waals surface area contributed by atoms with Gasteiger partial charge in [-0.05, 0) is 19.1 Å². The Labute approximate surface area is 146 Å². The lowest BCUT2D eigenvalue weighted by molar-refractivity contribution is -0.0406. The third-order valence-electron chi connectivity index (χ3n) is 4.32. The molecule has 1 aliphatic rings. The Balaban J connectivity index is 1.37. The van der Waals surface area contributed by atoms with Gasteiger partial charge in [-0.15, -0.1) is 0 Å². The number of ether oxygens (including phenoxy) is 1. The van der Waals surface area contributed by atoms with E-state index in [2.05, 4.69) is 39.0 Å². The van der Waals surface area contributed by atoms with E-state index in [-0.39, 0.29) is 6.10 Å². The zero-order valence-corrected chi connectivity index (χ0v) is 14.2. The van der Waals surface area contributed by atoms with Crippen molar-refractivity contribution in [3.8, 4) is 11.5 Å². The molecule has 0 aliphatic carbocycles. The van der Waals surface area contributed by atoms with Gasteiger partial charge in [0.05, 0.1) is 24.9 Å². The molecule has 0 bridgehead atoms. The van der Waals surface area contributed by atoms with E-state index >= 15 is 0 Å². The lowest BCUT2D eigenvalue weighted by Crippen LogP contribution is -2.43. The molecule has 3 aromatic rings. The third kappa shape index (κ3) is 3.94. The highest BCUT2D eigenvalue weighted by Gasteiger charge is 2.22. The first-order chi connectivity index (χ1) is 12.3. The van der Waals surface area contributed by atoms with Crippen molar-refractivity contribution in [1.82, 2.24) is 24.6 Å². The molecule has 2 aromatic heterocycles. The van der Waals surface area contributed by atoms with Gasteiger partial charge in [0.2, 0.25) is 5.89 Å². The number of morpholine rings is 1. The van der Waals surface area contributed by atoms with Gasteiger partial charge in [0, 0.05) is 25.2 Å². The number of oxazole rings is 1. The summed E-state index contributed by atoms with van der Waals surface area (Å²) in [7, 11) is 0. The van der Waals surface area contributed by atoms with E-state index in [1.54, 1.807) is 23.6 Å². The summed E-state index contributed by atoms with van der Waals surface area (Å²) in [5, 5.41) is 4.14. The van der Waals surface area contributed by atoms with Gasteiger partial charge in [0.25, 0.3) is 0 Å². The number of hydrogen-bond donors (Lipinski definition) is 0. The molecule has 3 heterocycles. The molecule has 0 saturated carbocycles. The van der Waals surface area contributed by atoms with E-state index in [4.69, 9.17) is 9.15 Å². The first-order valence-electron chi connectivity index (χ1n) is 8.44. The molecule has 1 atom stereocenters. The highest BCUT2D eigenvalue weighted by molar-refractivity contribution is 5.53. The predicted molar refractivity (Wildman–Crippen MR) is 91.7 cm³/mol. The van der Waals surface area contributed by atoms with E-state index in [1.807, 2.05) is 12.1 Å². The highest BCUT2D eigenvalue weighted by atomic mass is 16.5. The zero-order chi connectivity index (χ0) is 17.1. The van der Waals surface area contributed by atoms with Crippen molar-refractivity contribution >= 4 is 0 Å². The lowest BCUT2D eigenvalue weighted by Gasteiger charge is -2.32. The Morgan fingerprint density at radius 1 is 1.24 bits per heavy atom. The fourth-order valence-corrected chi connectivity index (χ4v) is 3.01. The molecule has 1 saturated heterocycles. The number of aryl methyl sites for hydroxylation is 1. The Morgan fingerprint density at radius 3 is 2.92 bits per heavy atom. The zero-order valence-electron chi connectivity index (χ0n) is 14.2. The van der Waals surface area contributed by atoms with Crippen LogP contribution in [0, 0.1) is 6.92 Å². The summed E-state index contributed by atoms with van der Waals surface area (Å²) in [4.78, 5) is 10.9. The molecule has 0 spiro atoms. The summed E-state index contributed by atoms with van der Waals surface area (Å²) in [5.41, 5.74) is 3.17. The second kappa shape index (κ2) is 7.16. The van der Waals surface area contributed by atoms with Crippen LogP contribution in [0.15, 0.2) is 47.6 Å². The topological polar surface area (TPSA) is 69.2 Å². The van der Waals surface area contributed by atoms with Gasteiger partial charge in [-0.25, -0.2) is 9.97 Å². The molecular formula is C18H21N5O2. The summed E-state index contributed by atoms with van der Waals surface area (Å²) < 4.78 is 13.3. The minimum atomic E-state index is 0.110. The minimum absolute atomic E-state index is 0.110. The number of nitrogens with zero attached hydrogens (tertiary/aromatic N) is 5. The van der Waals surface area contributed by atoms with E-state index < -0.39 is 0 Å². The van der Waals surface area contributed by atoms with Crippen LogP contribution in [0.2, 0.25) is 0 Å². The van der Waals surface area contributed by atoms with Gasteiger partial charge < -0.3 is 9.15 Å². The molecule has 1 fully saturated rings. The number of rotatable bonds is 5. The van der Waals surface area contributed by atoms with Crippen molar-refractivity contribution in [3.63, 3.8) is 0 Å². The third-order valence-corrected chi connectivity index (χ3v) is 4.32. The number of hydrogen-bond acceptors (Lipinski definition) is 6. The molecule has 0 unspecified atom stereocenters. The van der Waals surface area contributed by atoms with Crippen molar-refractivity contribution in [2.24, 2.45) is 0 Å². The van der Waals surface area contributed by atoms with Crippen LogP contribution in [0.5, 0.6) is 0 Å². The summed E-state index contributed by atoms with van der Waals surface area (Å²) in [5.74, 6) is 0.669. The molecule has 4 rings (SSSR count). The van der Waals surface area contributed by atoms with Crippen LogP contribution < -0.4 is 0 Å². The molecule has 7 nitrogen and oxygen atoms in total. The second-order valence-corrected chi connectivity index (χ2v) is 6.36. The standard InChI is InChI=1S/C18H21N5O2/c1-14-2-4-15(5-3-14)18-21-16(11-25-18)8-22-6-7-24-17(9-22)10-23-13-19-12-20-23/h2-5,11-13,17H,6-10H2,1H3/t17-/m0/s1. The monoisotopic (exact) mass is 339 g/mol. The molecule has 1 aliphatic heterocycles. The quantitative estimate of drug-likeness (QED) is 0.709. The first-order valence-corrected chi connectivity index (χ1v) is 8.44. The average Bonchev–Trinajstić information content (AvgIpc) is 3.28. The van der Waals surface area contributed by atoms with Gasteiger partial charge in [-0.3, -0.25) is 9.58 Å². The molecular weight excluding hydrogens is 318 g/mol. The van der Waals surface area contributed by atoms with Crippen LogP contribution in [-0.4, -0.2) is 50.4 Å². The summed E-state index contributed by atoms with van der Waals surface area (Å²) in [6, 6.07) is 8.20. The normalized spacial score (nSPS) is 18.5. The van der Waals surface area contributed by atoms with Gasteiger partial charge in [-0.2, -0.15) is 5.10 Å². The SMILES string of the molecule is Cc1ccc(-c2nc(CN3CCO[C@H](Cn4cncn4)C3)co2)cc1. The largest absolute Gasteiger partial charge is 0.444 e. The molecule has 7 heteroatoms. The Hall–Kier alpha value is -2.51. The van der Waals surface area contributed by atoms with Crippen LogP contribution in [0.1, 0.15) is 11.3 Å². The molecule has 1 aromatic carbocycles. The molecule has 25 heavy (non-hydrogen) atoms. The maximum atomic E-state index is 5.83. The van der Waals surface area contributed by atoms with Crippen molar-refractivity contribution in [1.29, 1.82) is 0 Å². The van der Waals surface area contributed by atoms with E-state index in [0.29, 0.717) is 19.0 Å². The van der Waals surface area contributed by atoms with E-state index in [9.17, 15) is 0 Å². The number of aromatic nitrogens is 4. The first kappa shape index (κ1) is 16.0. The summed E-state index contributed by atoms with van der Waals surface area (Å²) in [6.45, 7) is 5.98. The van der Waals surface area contributed by atoms with E-state index in [0.717, 1.165) is 30.9 Å². The Morgan fingerprint density at radius 2 is 2.12 bits per heavy atom. The summed E-state index contributed by atoms with van der Waals surface area (Å²) >= 11 is 0. The predicted octanol–water partition coefficient (Wildman–Crippen LogP) is 2.14.